The van der Waals surface area contributed by atoms with E-state index in [1.54, 1.807) is 11.3 Å². The Balaban J connectivity index is 1.61. The van der Waals surface area contributed by atoms with Crippen molar-refractivity contribution in [3.63, 3.8) is 0 Å². The molecule has 0 radical (unpaired) electrons. The van der Waals surface area contributed by atoms with Crippen molar-refractivity contribution in [2.24, 2.45) is 4.99 Å². The molecule has 7 nitrogen and oxygen atoms in total. The second-order valence-corrected chi connectivity index (χ2v) is 8.41. The number of thiophene rings is 1. The smallest absolute Gasteiger partial charge is 0.213 e. The lowest BCUT2D eigenvalue weighted by molar-refractivity contribution is 0.0177. The zero-order valence-corrected chi connectivity index (χ0v) is 19.0. The molecule has 0 aromatic carbocycles. The molecule has 0 spiro atoms. The minimum Gasteiger partial charge on any atom is -0.475 e. The van der Waals surface area contributed by atoms with Crippen LogP contribution in [0.5, 0.6) is 5.88 Å². The molecule has 0 bridgehead atoms. The number of ether oxygens (including phenoxy) is 2. The number of hydrogen-bond donors (Lipinski definition) is 2. The summed E-state index contributed by atoms with van der Waals surface area (Å²) in [6, 6.07) is 8.55. The van der Waals surface area contributed by atoms with Gasteiger partial charge in [-0.05, 0) is 37.8 Å². The predicted molar refractivity (Wildman–Crippen MR) is 122 cm³/mol. The van der Waals surface area contributed by atoms with Crippen LogP contribution in [0.4, 0.5) is 0 Å². The van der Waals surface area contributed by atoms with Gasteiger partial charge in [0.1, 0.15) is 0 Å². The zero-order chi connectivity index (χ0) is 21.2. The first-order chi connectivity index (χ1) is 14.7. The molecule has 0 amide bonds. The first-order valence-corrected chi connectivity index (χ1v) is 11.5. The van der Waals surface area contributed by atoms with Crippen LogP contribution in [0.1, 0.15) is 37.3 Å². The molecule has 1 aliphatic rings. The lowest BCUT2D eigenvalue weighted by Crippen LogP contribution is -2.46. The van der Waals surface area contributed by atoms with Crippen molar-refractivity contribution in [2.75, 3.05) is 39.4 Å². The maximum Gasteiger partial charge on any atom is 0.213 e. The number of hydrogen-bond acceptors (Lipinski definition) is 6. The summed E-state index contributed by atoms with van der Waals surface area (Å²) in [4.78, 5) is 13.0. The Bertz CT molecular complexity index is 758. The second-order valence-electron chi connectivity index (χ2n) is 7.43. The first kappa shape index (κ1) is 22.5. The summed E-state index contributed by atoms with van der Waals surface area (Å²) < 4.78 is 11.1. The van der Waals surface area contributed by atoms with E-state index in [0.717, 1.165) is 50.9 Å². The van der Waals surface area contributed by atoms with Crippen LogP contribution < -0.4 is 15.4 Å². The van der Waals surface area contributed by atoms with Crippen molar-refractivity contribution in [1.29, 1.82) is 0 Å². The average Bonchev–Trinajstić information content (AvgIpc) is 3.28. The Kier molecular flexibility index (Phi) is 8.92. The van der Waals surface area contributed by atoms with Crippen molar-refractivity contribution in [1.82, 2.24) is 20.5 Å². The first-order valence-electron chi connectivity index (χ1n) is 10.6. The SMILES string of the molecule is CCNC(=NCc1ccc(OC(C)C)nc1)NCC(c1cccs1)N1CCOCC1. The molecular formula is C22H33N5O2S. The summed E-state index contributed by atoms with van der Waals surface area (Å²) >= 11 is 1.80. The number of nitrogens with one attached hydrogen (secondary N) is 2. The third-order valence-corrected chi connectivity index (χ3v) is 5.71. The van der Waals surface area contributed by atoms with Gasteiger partial charge in [0.15, 0.2) is 5.96 Å². The fraction of sp³-hybridized carbons (Fsp3) is 0.545. The third kappa shape index (κ3) is 6.97. The van der Waals surface area contributed by atoms with Gasteiger partial charge in [-0.25, -0.2) is 9.98 Å². The van der Waals surface area contributed by atoms with Crippen molar-refractivity contribution in [2.45, 2.75) is 39.5 Å². The van der Waals surface area contributed by atoms with E-state index in [1.165, 1.54) is 4.88 Å². The fourth-order valence-electron chi connectivity index (χ4n) is 3.30. The number of aliphatic imine (C=N–C) groups is 1. The molecule has 1 saturated heterocycles. The van der Waals surface area contributed by atoms with Gasteiger partial charge in [0.05, 0.1) is 31.9 Å². The molecule has 3 rings (SSSR count). The van der Waals surface area contributed by atoms with Crippen LogP contribution in [0.2, 0.25) is 0 Å². The van der Waals surface area contributed by atoms with Crippen LogP contribution in [-0.2, 0) is 11.3 Å². The quantitative estimate of drug-likeness (QED) is 0.470. The highest BCUT2D eigenvalue weighted by atomic mass is 32.1. The highest BCUT2D eigenvalue weighted by Crippen LogP contribution is 2.25. The minimum absolute atomic E-state index is 0.119. The minimum atomic E-state index is 0.119. The van der Waals surface area contributed by atoms with E-state index in [1.807, 2.05) is 32.2 Å². The van der Waals surface area contributed by atoms with Crippen LogP contribution in [0.3, 0.4) is 0 Å². The highest BCUT2D eigenvalue weighted by molar-refractivity contribution is 7.10. The Morgan fingerprint density at radius 2 is 2.10 bits per heavy atom. The number of nitrogens with zero attached hydrogens (tertiary/aromatic N) is 3. The van der Waals surface area contributed by atoms with Crippen LogP contribution in [0, 0.1) is 0 Å². The molecular weight excluding hydrogens is 398 g/mol. The molecule has 1 unspecified atom stereocenters. The maximum atomic E-state index is 5.61. The normalized spacial score (nSPS) is 16.5. The standard InChI is InChI=1S/C22H33N5O2S/c1-4-23-22(25-15-18-7-8-21(24-14-18)29-17(2)3)26-16-19(20-6-5-13-30-20)27-9-11-28-12-10-27/h5-8,13-14,17,19H,4,9-12,15-16H2,1-3H3,(H2,23,25,26). The lowest BCUT2D eigenvalue weighted by atomic mass is 10.2. The molecule has 8 heteroatoms. The number of rotatable bonds is 9. The molecule has 30 heavy (non-hydrogen) atoms. The van der Waals surface area contributed by atoms with Crippen molar-refractivity contribution in [3.8, 4) is 5.88 Å². The van der Waals surface area contributed by atoms with Gasteiger partial charge in [-0.2, -0.15) is 0 Å². The van der Waals surface area contributed by atoms with E-state index in [4.69, 9.17) is 14.5 Å². The van der Waals surface area contributed by atoms with Crippen LogP contribution in [0.15, 0.2) is 40.8 Å². The van der Waals surface area contributed by atoms with E-state index in [0.29, 0.717) is 18.5 Å². The highest BCUT2D eigenvalue weighted by Gasteiger charge is 2.23. The topological polar surface area (TPSA) is 71.0 Å². The lowest BCUT2D eigenvalue weighted by Gasteiger charge is -2.34. The van der Waals surface area contributed by atoms with Crippen molar-refractivity contribution >= 4 is 17.3 Å². The van der Waals surface area contributed by atoms with E-state index < -0.39 is 0 Å². The molecule has 2 aromatic rings. The Morgan fingerprint density at radius 3 is 2.73 bits per heavy atom. The summed E-state index contributed by atoms with van der Waals surface area (Å²) in [5.41, 5.74) is 1.05. The van der Waals surface area contributed by atoms with Gasteiger partial charge < -0.3 is 20.1 Å². The van der Waals surface area contributed by atoms with E-state index in [-0.39, 0.29) is 6.10 Å². The monoisotopic (exact) mass is 431 g/mol. The molecule has 1 atom stereocenters. The zero-order valence-electron chi connectivity index (χ0n) is 18.1. The van der Waals surface area contributed by atoms with E-state index >= 15 is 0 Å². The third-order valence-electron chi connectivity index (χ3n) is 4.74. The summed E-state index contributed by atoms with van der Waals surface area (Å²) in [5, 5.41) is 9.02. The number of guanidine groups is 1. The molecule has 1 aliphatic heterocycles. The maximum absolute atomic E-state index is 5.61. The van der Waals surface area contributed by atoms with Crippen LogP contribution in [0.25, 0.3) is 0 Å². The molecule has 164 valence electrons. The largest absolute Gasteiger partial charge is 0.475 e. The van der Waals surface area contributed by atoms with Gasteiger partial charge in [0, 0.05) is 43.3 Å². The van der Waals surface area contributed by atoms with Gasteiger partial charge in [0.25, 0.3) is 0 Å². The Labute approximate surface area is 183 Å². The molecule has 0 aliphatic carbocycles. The van der Waals surface area contributed by atoms with E-state index in [2.05, 4.69) is 45.0 Å². The molecule has 2 N–H and O–H groups in total. The second kappa shape index (κ2) is 11.9. The summed E-state index contributed by atoms with van der Waals surface area (Å²) in [5.74, 6) is 1.46. The summed E-state index contributed by atoms with van der Waals surface area (Å²) in [6.07, 6.45) is 1.95. The van der Waals surface area contributed by atoms with Gasteiger partial charge in [-0.1, -0.05) is 12.1 Å². The van der Waals surface area contributed by atoms with Crippen LogP contribution >= 0.6 is 11.3 Å². The molecule has 1 fully saturated rings. The van der Waals surface area contributed by atoms with Crippen molar-refractivity contribution in [3.05, 3.63) is 46.3 Å². The van der Waals surface area contributed by atoms with Gasteiger partial charge >= 0.3 is 0 Å². The molecule has 2 aromatic heterocycles. The summed E-state index contributed by atoms with van der Waals surface area (Å²) in [6.45, 7) is 11.7. The predicted octanol–water partition coefficient (Wildman–Crippen LogP) is 3.06. The van der Waals surface area contributed by atoms with Crippen LogP contribution in [-0.4, -0.2) is 61.3 Å². The van der Waals surface area contributed by atoms with Gasteiger partial charge in [0.2, 0.25) is 5.88 Å². The summed E-state index contributed by atoms with van der Waals surface area (Å²) in [7, 11) is 0. The van der Waals surface area contributed by atoms with E-state index in [9.17, 15) is 0 Å². The van der Waals surface area contributed by atoms with Gasteiger partial charge in [-0.15, -0.1) is 11.3 Å². The molecule has 3 heterocycles. The number of aromatic nitrogens is 1. The fourth-order valence-corrected chi connectivity index (χ4v) is 4.16. The molecule has 0 saturated carbocycles. The number of morpholine rings is 1. The average molecular weight is 432 g/mol. The van der Waals surface area contributed by atoms with Crippen molar-refractivity contribution < 1.29 is 9.47 Å². The Morgan fingerprint density at radius 1 is 1.27 bits per heavy atom. The van der Waals surface area contributed by atoms with Gasteiger partial charge in [-0.3, -0.25) is 4.90 Å². The Hall–Kier alpha value is -2.16. The number of pyridine rings is 1.